The summed E-state index contributed by atoms with van der Waals surface area (Å²) in [4.78, 5) is 0. The summed E-state index contributed by atoms with van der Waals surface area (Å²) in [5, 5.41) is 4.36. The molecule has 2 N–H and O–H groups in total. The Morgan fingerprint density at radius 2 is 2.05 bits per heavy atom. The highest BCUT2D eigenvalue weighted by Crippen LogP contribution is 2.36. The van der Waals surface area contributed by atoms with Crippen LogP contribution in [0.15, 0.2) is 18.3 Å². The second-order valence-electron chi connectivity index (χ2n) is 4.83. The number of nitrogens with zero attached hydrogens (tertiary/aromatic N) is 2. The van der Waals surface area contributed by atoms with E-state index in [0.29, 0.717) is 6.54 Å². The Morgan fingerprint density at radius 1 is 1.32 bits per heavy atom. The first kappa shape index (κ1) is 13.6. The number of methoxy groups -OCH3 is 1. The van der Waals surface area contributed by atoms with Gasteiger partial charge in [-0.3, -0.25) is 4.68 Å². The fraction of sp³-hybridized carbons (Fsp3) is 0.400. The van der Waals surface area contributed by atoms with Crippen LogP contribution in [0.3, 0.4) is 0 Å². The molecule has 0 fully saturated rings. The van der Waals surface area contributed by atoms with E-state index >= 15 is 0 Å². The van der Waals surface area contributed by atoms with Gasteiger partial charge in [0.2, 0.25) is 0 Å². The van der Waals surface area contributed by atoms with Crippen LogP contribution in [0.2, 0.25) is 0 Å². The van der Waals surface area contributed by atoms with Crippen molar-refractivity contribution in [3.05, 3.63) is 35.2 Å². The highest BCUT2D eigenvalue weighted by Gasteiger charge is 2.16. The number of aryl methyl sites for hydroxylation is 3. The lowest BCUT2D eigenvalue weighted by Gasteiger charge is -2.14. The number of benzene rings is 1. The lowest BCUT2D eigenvalue weighted by molar-refractivity contribution is 0.416. The van der Waals surface area contributed by atoms with Crippen molar-refractivity contribution in [1.82, 2.24) is 9.78 Å². The highest BCUT2D eigenvalue weighted by atomic mass is 16.5. The zero-order valence-corrected chi connectivity index (χ0v) is 12.0. The molecule has 0 atom stereocenters. The molecule has 0 radical (unpaired) electrons. The van der Waals surface area contributed by atoms with E-state index in [4.69, 9.17) is 10.5 Å². The molecule has 0 unspecified atom stereocenters. The first-order valence-corrected chi connectivity index (χ1v) is 6.45. The standard InChI is InChI=1S/C15H21N3O/c1-10-7-11(2)15(14(8-10)19-4)12-9-17-18(3)13(12)5-6-16/h7-9H,5-6,16H2,1-4H3. The number of aromatic nitrogens is 2. The Hall–Kier alpha value is -1.81. The predicted octanol–water partition coefficient (Wildman–Crippen LogP) is 2.21. The third-order valence-electron chi connectivity index (χ3n) is 3.38. The van der Waals surface area contributed by atoms with Gasteiger partial charge in [0, 0.05) is 30.3 Å². The van der Waals surface area contributed by atoms with Gasteiger partial charge in [-0.25, -0.2) is 0 Å². The summed E-state index contributed by atoms with van der Waals surface area (Å²) in [5.41, 5.74) is 11.5. The molecular weight excluding hydrogens is 238 g/mol. The van der Waals surface area contributed by atoms with Gasteiger partial charge in [0.05, 0.1) is 13.3 Å². The van der Waals surface area contributed by atoms with Gasteiger partial charge in [-0.2, -0.15) is 5.10 Å². The molecule has 1 aromatic carbocycles. The van der Waals surface area contributed by atoms with Crippen molar-refractivity contribution in [2.45, 2.75) is 20.3 Å². The van der Waals surface area contributed by atoms with E-state index in [1.807, 2.05) is 17.9 Å². The summed E-state index contributed by atoms with van der Waals surface area (Å²) >= 11 is 0. The van der Waals surface area contributed by atoms with Crippen LogP contribution < -0.4 is 10.5 Å². The Bertz CT molecular complexity index is 587. The molecule has 0 saturated carbocycles. The van der Waals surface area contributed by atoms with Crippen LogP contribution in [-0.2, 0) is 13.5 Å². The third kappa shape index (κ3) is 2.49. The van der Waals surface area contributed by atoms with E-state index < -0.39 is 0 Å². The molecule has 0 spiro atoms. The van der Waals surface area contributed by atoms with Crippen molar-refractivity contribution in [2.24, 2.45) is 12.8 Å². The van der Waals surface area contributed by atoms with Crippen LogP contribution in [0.5, 0.6) is 5.75 Å². The van der Waals surface area contributed by atoms with E-state index in [-0.39, 0.29) is 0 Å². The van der Waals surface area contributed by atoms with Crippen LogP contribution in [0, 0.1) is 13.8 Å². The fourth-order valence-corrected chi connectivity index (χ4v) is 2.54. The van der Waals surface area contributed by atoms with E-state index in [1.54, 1.807) is 7.11 Å². The van der Waals surface area contributed by atoms with E-state index in [2.05, 4.69) is 31.1 Å². The normalized spacial score (nSPS) is 10.8. The Balaban J connectivity index is 2.65. The van der Waals surface area contributed by atoms with Gasteiger partial charge in [0.1, 0.15) is 5.75 Å². The van der Waals surface area contributed by atoms with Crippen molar-refractivity contribution >= 4 is 0 Å². The average Bonchev–Trinajstić information content (AvgIpc) is 2.71. The molecule has 4 heteroatoms. The van der Waals surface area contributed by atoms with Crippen molar-refractivity contribution < 1.29 is 4.74 Å². The fourth-order valence-electron chi connectivity index (χ4n) is 2.54. The SMILES string of the molecule is COc1cc(C)cc(C)c1-c1cnn(C)c1CCN. The highest BCUT2D eigenvalue weighted by molar-refractivity contribution is 5.76. The number of hydrogen-bond donors (Lipinski definition) is 1. The molecular formula is C15H21N3O. The monoisotopic (exact) mass is 259 g/mol. The molecule has 0 saturated heterocycles. The van der Waals surface area contributed by atoms with Gasteiger partial charge in [0.25, 0.3) is 0 Å². The van der Waals surface area contributed by atoms with Gasteiger partial charge in [-0.05, 0) is 37.6 Å². The molecule has 0 amide bonds. The molecule has 0 aliphatic heterocycles. The molecule has 0 aliphatic carbocycles. The zero-order chi connectivity index (χ0) is 14.0. The molecule has 4 nitrogen and oxygen atoms in total. The lowest BCUT2D eigenvalue weighted by atomic mass is 9.97. The van der Waals surface area contributed by atoms with E-state index in [0.717, 1.165) is 29.0 Å². The first-order chi connectivity index (χ1) is 9.08. The topological polar surface area (TPSA) is 53.1 Å². The minimum Gasteiger partial charge on any atom is -0.496 e. The Kier molecular flexibility index (Phi) is 3.90. The summed E-state index contributed by atoms with van der Waals surface area (Å²) in [6.45, 7) is 4.78. The lowest BCUT2D eigenvalue weighted by Crippen LogP contribution is -2.08. The largest absolute Gasteiger partial charge is 0.496 e. The molecule has 19 heavy (non-hydrogen) atoms. The molecule has 1 heterocycles. The molecule has 102 valence electrons. The number of nitrogens with two attached hydrogens (primary N) is 1. The second kappa shape index (κ2) is 5.45. The van der Waals surface area contributed by atoms with Crippen molar-refractivity contribution in [2.75, 3.05) is 13.7 Å². The van der Waals surface area contributed by atoms with Crippen molar-refractivity contribution in [1.29, 1.82) is 0 Å². The van der Waals surface area contributed by atoms with Crippen LogP contribution in [-0.4, -0.2) is 23.4 Å². The smallest absolute Gasteiger partial charge is 0.127 e. The van der Waals surface area contributed by atoms with Crippen LogP contribution in [0.25, 0.3) is 11.1 Å². The number of rotatable bonds is 4. The molecule has 2 aromatic rings. The Morgan fingerprint density at radius 3 is 2.68 bits per heavy atom. The van der Waals surface area contributed by atoms with Crippen LogP contribution >= 0.6 is 0 Å². The Labute approximate surface area is 114 Å². The van der Waals surface area contributed by atoms with E-state index in [1.165, 1.54) is 11.1 Å². The molecule has 0 aliphatic rings. The summed E-state index contributed by atoms with van der Waals surface area (Å²) in [6, 6.07) is 4.22. The number of ether oxygens (including phenoxy) is 1. The van der Waals surface area contributed by atoms with Crippen molar-refractivity contribution in [3.63, 3.8) is 0 Å². The van der Waals surface area contributed by atoms with Gasteiger partial charge in [-0.15, -0.1) is 0 Å². The second-order valence-corrected chi connectivity index (χ2v) is 4.83. The maximum atomic E-state index is 5.70. The summed E-state index contributed by atoms with van der Waals surface area (Å²) < 4.78 is 7.43. The first-order valence-electron chi connectivity index (χ1n) is 6.45. The zero-order valence-electron chi connectivity index (χ0n) is 12.0. The molecule has 2 rings (SSSR count). The van der Waals surface area contributed by atoms with Gasteiger partial charge >= 0.3 is 0 Å². The number of hydrogen-bond acceptors (Lipinski definition) is 3. The summed E-state index contributed by atoms with van der Waals surface area (Å²) in [7, 11) is 3.65. The predicted molar refractivity (Wildman–Crippen MR) is 77.4 cm³/mol. The van der Waals surface area contributed by atoms with E-state index in [9.17, 15) is 0 Å². The average molecular weight is 259 g/mol. The summed E-state index contributed by atoms with van der Waals surface area (Å²) in [5.74, 6) is 0.892. The van der Waals surface area contributed by atoms with Crippen LogP contribution in [0.4, 0.5) is 0 Å². The molecule has 1 aromatic heterocycles. The minimum absolute atomic E-state index is 0.611. The van der Waals surface area contributed by atoms with Gasteiger partial charge in [0.15, 0.2) is 0 Å². The van der Waals surface area contributed by atoms with Crippen LogP contribution in [0.1, 0.15) is 16.8 Å². The van der Waals surface area contributed by atoms with Crippen molar-refractivity contribution in [3.8, 4) is 16.9 Å². The van der Waals surface area contributed by atoms with Gasteiger partial charge < -0.3 is 10.5 Å². The minimum atomic E-state index is 0.611. The van der Waals surface area contributed by atoms with Gasteiger partial charge in [-0.1, -0.05) is 6.07 Å². The summed E-state index contributed by atoms with van der Waals surface area (Å²) in [6.07, 6.45) is 2.70. The third-order valence-corrected chi connectivity index (χ3v) is 3.38. The molecule has 0 bridgehead atoms. The quantitative estimate of drug-likeness (QED) is 0.916. The maximum absolute atomic E-state index is 5.70. The maximum Gasteiger partial charge on any atom is 0.127 e.